The van der Waals surface area contributed by atoms with E-state index in [0.29, 0.717) is 0 Å². The van der Waals surface area contributed by atoms with E-state index in [2.05, 4.69) is 53.1 Å². The van der Waals surface area contributed by atoms with Crippen LogP contribution in [0.1, 0.15) is 67.2 Å². The third kappa shape index (κ3) is 14.6. The van der Waals surface area contributed by atoms with Gasteiger partial charge in [-0.25, -0.2) is 0 Å². The van der Waals surface area contributed by atoms with Gasteiger partial charge in [0.15, 0.2) is 0 Å². The van der Waals surface area contributed by atoms with Gasteiger partial charge in [-0.05, 0) is 60.6 Å². The quantitative estimate of drug-likeness (QED) is 0.384. The molecule has 116 valence electrons. The van der Waals surface area contributed by atoms with Crippen LogP contribution >= 0.6 is 11.1 Å². The first-order valence-corrected chi connectivity index (χ1v) is 11.3. The van der Waals surface area contributed by atoms with Gasteiger partial charge in [-0.3, -0.25) is 0 Å². The molecule has 0 saturated heterocycles. The van der Waals surface area contributed by atoms with Crippen LogP contribution in [0.3, 0.4) is 0 Å². The number of nitrogens with one attached hydrogen (secondary N) is 1. The van der Waals surface area contributed by atoms with Crippen molar-refractivity contribution in [2.24, 2.45) is 0 Å². The fraction of sp³-hybridized carbons (Fsp3) is 1.00. The smallest absolute Gasteiger partial charge is 0.223 e. The average molecular weight is 308 g/mol. The molecule has 0 spiro atoms. The highest BCUT2D eigenvalue weighted by atomic mass is 35.6. The van der Waals surface area contributed by atoms with Gasteiger partial charge in [-0.1, -0.05) is 19.3 Å². The summed E-state index contributed by atoms with van der Waals surface area (Å²) < 4.78 is 5.71. The van der Waals surface area contributed by atoms with Crippen LogP contribution in [0.25, 0.3) is 0 Å². The van der Waals surface area contributed by atoms with E-state index >= 15 is 0 Å². The van der Waals surface area contributed by atoms with Gasteiger partial charge in [0.1, 0.15) is 0 Å². The van der Waals surface area contributed by atoms with Gasteiger partial charge in [0.2, 0.25) is 7.55 Å². The fourth-order valence-electron chi connectivity index (χ4n) is 2.14. The molecule has 0 radical (unpaired) electrons. The number of halogens is 1. The lowest BCUT2D eigenvalue weighted by Gasteiger charge is -2.31. The minimum Gasteiger partial charge on any atom is -0.376 e. The van der Waals surface area contributed by atoms with Crippen LogP contribution < -0.4 is 4.98 Å². The standard InChI is InChI=1S/C15H34ClNOSi/c1-14(2,3)17-19(7,16)13-11-9-8-10-12-18-15(4,5)6/h17H,8-13H2,1-7H3. The van der Waals surface area contributed by atoms with E-state index in [0.717, 1.165) is 19.1 Å². The van der Waals surface area contributed by atoms with Crippen LogP contribution in [0.15, 0.2) is 0 Å². The van der Waals surface area contributed by atoms with Gasteiger partial charge in [0, 0.05) is 12.1 Å². The maximum absolute atomic E-state index is 6.62. The second-order valence-electron chi connectivity index (χ2n) is 7.70. The molecule has 0 fully saturated rings. The lowest BCUT2D eigenvalue weighted by atomic mass is 10.1. The highest BCUT2D eigenvalue weighted by Crippen LogP contribution is 2.20. The Labute approximate surface area is 126 Å². The Bertz CT molecular complexity index is 244. The molecule has 0 heterocycles. The summed E-state index contributed by atoms with van der Waals surface area (Å²) in [6, 6.07) is 1.14. The average Bonchev–Trinajstić information content (AvgIpc) is 2.10. The predicted molar refractivity (Wildman–Crippen MR) is 89.3 cm³/mol. The van der Waals surface area contributed by atoms with Gasteiger partial charge in [-0.15, -0.1) is 11.1 Å². The molecule has 0 rings (SSSR count). The second kappa shape index (κ2) is 8.01. The SMILES string of the molecule is CC(C)(C)N[Si](C)(Cl)CCCCCCOC(C)(C)C. The van der Waals surface area contributed by atoms with E-state index < -0.39 is 7.55 Å². The van der Waals surface area contributed by atoms with Crippen LogP contribution in [0.4, 0.5) is 0 Å². The molecule has 0 aromatic rings. The largest absolute Gasteiger partial charge is 0.376 e. The van der Waals surface area contributed by atoms with Crippen molar-refractivity contribution in [3.05, 3.63) is 0 Å². The van der Waals surface area contributed by atoms with Crippen LogP contribution in [0, 0.1) is 0 Å². The zero-order chi connectivity index (χ0) is 15.2. The molecule has 0 aliphatic heterocycles. The maximum Gasteiger partial charge on any atom is 0.223 e. The van der Waals surface area contributed by atoms with Crippen LogP contribution in [-0.4, -0.2) is 25.3 Å². The van der Waals surface area contributed by atoms with E-state index in [-0.39, 0.29) is 11.1 Å². The fourth-order valence-corrected chi connectivity index (χ4v) is 5.99. The number of unbranched alkanes of at least 4 members (excludes halogenated alkanes) is 3. The Balaban J connectivity index is 3.59. The maximum atomic E-state index is 6.62. The lowest BCUT2D eigenvalue weighted by Crippen LogP contribution is -2.52. The minimum absolute atomic E-state index is 0.00173. The van der Waals surface area contributed by atoms with Crippen molar-refractivity contribution in [1.29, 1.82) is 0 Å². The van der Waals surface area contributed by atoms with Crippen molar-refractivity contribution >= 4 is 18.6 Å². The predicted octanol–water partition coefficient (Wildman–Crippen LogP) is 5.06. The van der Waals surface area contributed by atoms with Crippen LogP contribution in [-0.2, 0) is 4.74 Å². The molecule has 4 heteroatoms. The zero-order valence-corrected chi connectivity index (χ0v) is 15.8. The molecular formula is C15H34ClNOSi. The van der Waals surface area contributed by atoms with Gasteiger partial charge in [-0.2, -0.15) is 0 Å². The summed E-state index contributed by atoms with van der Waals surface area (Å²) in [7, 11) is -1.75. The Hall–Kier alpha value is 0.427. The molecule has 1 unspecified atom stereocenters. The molecule has 0 aliphatic carbocycles. The van der Waals surface area contributed by atoms with Crippen molar-refractivity contribution in [1.82, 2.24) is 4.98 Å². The monoisotopic (exact) mass is 307 g/mol. The number of hydrogen-bond donors (Lipinski definition) is 1. The first-order chi connectivity index (χ1) is 8.41. The van der Waals surface area contributed by atoms with E-state index in [1.165, 1.54) is 19.3 Å². The van der Waals surface area contributed by atoms with Crippen molar-refractivity contribution in [2.45, 2.75) is 91.0 Å². The number of ether oxygens (including phenoxy) is 1. The van der Waals surface area contributed by atoms with Crippen molar-refractivity contribution in [2.75, 3.05) is 6.61 Å². The lowest BCUT2D eigenvalue weighted by molar-refractivity contribution is -0.00471. The van der Waals surface area contributed by atoms with Gasteiger partial charge in [0.25, 0.3) is 0 Å². The summed E-state index contributed by atoms with van der Waals surface area (Å²) in [5.41, 5.74) is 0.127. The molecule has 1 atom stereocenters. The molecule has 2 nitrogen and oxygen atoms in total. The van der Waals surface area contributed by atoms with Gasteiger partial charge < -0.3 is 9.72 Å². The Morgan fingerprint density at radius 1 is 0.947 bits per heavy atom. The van der Waals surface area contributed by atoms with Crippen LogP contribution in [0.2, 0.25) is 12.6 Å². The van der Waals surface area contributed by atoms with E-state index in [1.54, 1.807) is 0 Å². The van der Waals surface area contributed by atoms with Crippen molar-refractivity contribution in [3.8, 4) is 0 Å². The van der Waals surface area contributed by atoms with Crippen LogP contribution in [0.5, 0.6) is 0 Å². The summed E-state index contributed by atoms with van der Waals surface area (Å²) in [5.74, 6) is 0. The molecule has 1 N–H and O–H groups in total. The van der Waals surface area contributed by atoms with E-state index in [9.17, 15) is 0 Å². The minimum atomic E-state index is -1.75. The Morgan fingerprint density at radius 3 is 1.95 bits per heavy atom. The van der Waals surface area contributed by atoms with E-state index in [1.807, 2.05) is 0 Å². The van der Waals surface area contributed by atoms with Crippen molar-refractivity contribution in [3.63, 3.8) is 0 Å². The Morgan fingerprint density at radius 2 is 1.47 bits per heavy atom. The summed E-state index contributed by atoms with van der Waals surface area (Å²) in [6.07, 6.45) is 4.89. The van der Waals surface area contributed by atoms with Crippen molar-refractivity contribution < 1.29 is 4.74 Å². The third-order valence-corrected chi connectivity index (χ3v) is 6.13. The molecule has 0 saturated carbocycles. The molecule has 0 bridgehead atoms. The first-order valence-electron chi connectivity index (χ1n) is 7.54. The molecular weight excluding hydrogens is 274 g/mol. The zero-order valence-electron chi connectivity index (χ0n) is 14.0. The van der Waals surface area contributed by atoms with Gasteiger partial charge >= 0.3 is 0 Å². The molecule has 0 amide bonds. The molecule has 0 aromatic carbocycles. The molecule has 0 aromatic heterocycles. The topological polar surface area (TPSA) is 21.3 Å². The first kappa shape index (κ1) is 19.4. The number of hydrogen-bond acceptors (Lipinski definition) is 2. The second-order valence-corrected chi connectivity index (χ2v) is 13.3. The molecule has 0 aliphatic rings. The normalized spacial score (nSPS) is 16.4. The van der Waals surface area contributed by atoms with E-state index in [4.69, 9.17) is 15.8 Å². The summed E-state index contributed by atoms with van der Waals surface area (Å²) in [4.78, 5) is 3.60. The third-order valence-electron chi connectivity index (χ3n) is 2.71. The highest BCUT2D eigenvalue weighted by molar-refractivity contribution is 7.18. The summed E-state index contributed by atoms with van der Waals surface area (Å²) in [6.45, 7) is 16.0. The molecule has 19 heavy (non-hydrogen) atoms. The van der Waals surface area contributed by atoms with Gasteiger partial charge in [0.05, 0.1) is 5.60 Å². The summed E-state index contributed by atoms with van der Waals surface area (Å²) >= 11 is 6.62. The Kier molecular flexibility index (Phi) is 8.19. The highest BCUT2D eigenvalue weighted by Gasteiger charge is 2.28. The number of rotatable bonds is 8. The summed E-state index contributed by atoms with van der Waals surface area (Å²) in [5, 5.41) is 0.